The second-order valence-corrected chi connectivity index (χ2v) is 5.64. The Kier molecular flexibility index (Phi) is 9.98. The molecule has 2 aromatic rings. The Bertz CT molecular complexity index is 626. The molecule has 0 aliphatic carbocycles. The second kappa shape index (κ2) is 11.7. The van der Waals surface area contributed by atoms with Crippen molar-refractivity contribution in [3.8, 4) is 0 Å². The standard InChI is InChI=1S/C18H28N6.HI/c1-4-24(17-9-6-5-7-10-17)12-8-11-20-18(19-2)21-13-16-14-22-23(3)15-16;/h5-7,9-10,14-15H,4,8,11-13H2,1-3H3,(H2,19,20,21);1H. The zero-order chi connectivity index (χ0) is 17.2. The van der Waals surface area contributed by atoms with E-state index >= 15 is 0 Å². The highest BCUT2D eigenvalue weighted by Crippen LogP contribution is 2.12. The Balaban J connectivity index is 0.00000312. The van der Waals surface area contributed by atoms with Gasteiger partial charge in [-0.15, -0.1) is 24.0 Å². The highest BCUT2D eigenvalue weighted by atomic mass is 127. The lowest BCUT2D eigenvalue weighted by Gasteiger charge is -2.23. The molecule has 7 heteroatoms. The fourth-order valence-corrected chi connectivity index (χ4v) is 2.55. The molecule has 0 bridgehead atoms. The number of nitrogens with one attached hydrogen (secondary N) is 2. The lowest BCUT2D eigenvalue weighted by molar-refractivity contribution is 0.708. The average Bonchev–Trinajstić information content (AvgIpc) is 3.03. The van der Waals surface area contributed by atoms with Crippen LogP contribution >= 0.6 is 24.0 Å². The lowest BCUT2D eigenvalue weighted by Crippen LogP contribution is -2.38. The molecule has 0 spiro atoms. The second-order valence-electron chi connectivity index (χ2n) is 5.64. The summed E-state index contributed by atoms with van der Waals surface area (Å²) in [4.78, 5) is 6.64. The van der Waals surface area contributed by atoms with Crippen molar-refractivity contribution in [1.29, 1.82) is 0 Å². The van der Waals surface area contributed by atoms with E-state index in [2.05, 4.69) is 62.9 Å². The molecule has 0 aliphatic rings. The van der Waals surface area contributed by atoms with E-state index in [9.17, 15) is 0 Å². The number of aromatic nitrogens is 2. The molecule has 0 radical (unpaired) electrons. The zero-order valence-corrected chi connectivity index (χ0v) is 17.6. The predicted octanol–water partition coefficient (Wildman–Crippen LogP) is 2.62. The van der Waals surface area contributed by atoms with Crippen LogP contribution in [-0.4, -0.2) is 42.4 Å². The fourth-order valence-electron chi connectivity index (χ4n) is 2.55. The molecule has 0 unspecified atom stereocenters. The van der Waals surface area contributed by atoms with Gasteiger partial charge in [0, 0.05) is 57.7 Å². The van der Waals surface area contributed by atoms with Gasteiger partial charge in [0.25, 0.3) is 0 Å². The molecule has 2 N–H and O–H groups in total. The van der Waals surface area contributed by atoms with E-state index in [0.29, 0.717) is 0 Å². The first-order valence-electron chi connectivity index (χ1n) is 8.45. The lowest BCUT2D eigenvalue weighted by atomic mass is 10.2. The van der Waals surface area contributed by atoms with Gasteiger partial charge < -0.3 is 15.5 Å². The van der Waals surface area contributed by atoms with Gasteiger partial charge in [0.05, 0.1) is 6.20 Å². The van der Waals surface area contributed by atoms with E-state index in [4.69, 9.17) is 0 Å². The summed E-state index contributed by atoms with van der Waals surface area (Å²) in [7, 11) is 3.71. The van der Waals surface area contributed by atoms with E-state index < -0.39 is 0 Å². The topological polar surface area (TPSA) is 57.5 Å². The van der Waals surface area contributed by atoms with Crippen LogP contribution in [-0.2, 0) is 13.6 Å². The van der Waals surface area contributed by atoms with Crippen LogP contribution in [0.2, 0.25) is 0 Å². The summed E-state index contributed by atoms with van der Waals surface area (Å²) >= 11 is 0. The van der Waals surface area contributed by atoms with Gasteiger partial charge in [0.15, 0.2) is 5.96 Å². The number of para-hydroxylation sites is 1. The normalized spacial score (nSPS) is 10.9. The number of rotatable bonds is 8. The van der Waals surface area contributed by atoms with Gasteiger partial charge in [-0.25, -0.2) is 0 Å². The fraction of sp³-hybridized carbons (Fsp3) is 0.444. The average molecular weight is 456 g/mol. The van der Waals surface area contributed by atoms with Crippen molar-refractivity contribution in [2.45, 2.75) is 19.9 Å². The SMILES string of the molecule is CCN(CCCNC(=NC)NCc1cnn(C)c1)c1ccccc1.I. The maximum absolute atomic E-state index is 4.26. The third-order valence-electron chi connectivity index (χ3n) is 3.84. The summed E-state index contributed by atoms with van der Waals surface area (Å²) in [5, 5.41) is 10.8. The minimum atomic E-state index is 0. The third-order valence-corrected chi connectivity index (χ3v) is 3.84. The van der Waals surface area contributed by atoms with Gasteiger partial charge >= 0.3 is 0 Å². The van der Waals surface area contributed by atoms with Gasteiger partial charge in [-0.1, -0.05) is 18.2 Å². The van der Waals surface area contributed by atoms with E-state index in [-0.39, 0.29) is 24.0 Å². The summed E-state index contributed by atoms with van der Waals surface area (Å²) in [5.41, 5.74) is 2.42. The number of benzene rings is 1. The van der Waals surface area contributed by atoms with E-state index in [1.165, 1.54) is 5.69 Å². The van der Waals surface area contributed by atoms with Crippen LogP contribution in [0, 0.1) is 0 Å². The molecule has 2 rings (SSSR count). The van der Waals surface area contributed by atoms with E-state index in [1.807, 2.05) is 19.4 Å². The number of nitrogens with zero attached hydrogens (tertiary/aromatic N) is 4. The minimum absolute atomic E-state index is 0. The Morgan fingerprint density at radius 2 is 2.00 bits per heavy atom. The van der Waals surface area contributed by atoms with Crippen LogP contribution in [0.5, 0.6) is 0 Å². The number of anilines is 1. The summed E-state index contributed by atoms with van der Waals surface area (Å²) in [5.74, 6) is 0.821. The molecular formula is C18H29IN6. The number of halogens is 1. The Labute approximate surface area is 167 Å². The summed E-state index contributed by atoms with van der Waals surface area (Å²) in [6, 6.07) is 10.5. The van der Waals surface area contributed by atoms with Crippen LogP contribution < -0.4 is 15.5 Å². The summed E-state index contributed by atoms with van der Waals surface area (Å²) < 4.78 is 1.80. The predicted molar refractivity (Wildman–Crippen MR) is 116 cm³/mol. The maximum Gasteiger partial charge on any atom is 0.191 e. The highest BCUT2D eigenvalue weighted by molar-refractivity contribution is 14.0. The molecule has 0 atom stereocenters. The van der Waals surface area contributed by atoms with E-state index in [1.54, 1.807) is 11.7 Å². The van der Waals surface area contributed by atoms with E-state index in [0.717, 1.165) is 44.1 Å². The molecule has 0 saturated heterocycles. The van der Waals surface area contributed by atoms with Crippen LogP contribution in [0.3, 0.4) is 0 Å². The van der Waals surface area contributed by atoms with Crippen molar-refractivity contribution in [2.24, 2.45) is 12.0 Å². The first-order valence-corrected chi connectivity index (χ1v) is 8.45. The number of aliphatic imine (C=N–C) groups is 1. The highest BCUT2D eigenvalue weighted by Gasteiger charge is 2.04. The van der Waals surface area contributed by atoms with Crippen molar-refractivity contribution in [1.82, 2.24) is 20.4 Å². The Hall–Kier alpha value is -1.77. The molecule has 1 aromatic heterocycles. The van der Waals surface area contributed by atoms with Gasteiger partial charge in [0.2, 0.25) is 0 Å². The molecule has 0 aliphatic heterocycles. The Morgan fingerprint density at radius 3 is 2.60 bits per heavy atom. The van der Waals surface area contributed by atoms with Crippen molar-refractivity contribution >= 4 is 35.6 Å². The van der Waals surface area contributed by atoms with Gasteiger partial charge in [-0.3, -0.25) is 9.67 Å². The van der Waals surface area contributed by atoms with Crippen LogP contribution in [0.15, 0.2) is 47.7 Å². The number of hydrogen-bond acceptors (Lipinski definition) is 3. The number of aryl methyl sites for hydroxylation is 1. The number of hydrogen-bond donors (Lipinski definition) is 2. The molecule has 6 nitrogen and oxygen atoms in total. The summed E-state index contributed by atoms with van der Waals surface area (Å²) in [6.45, 7) is 5.83. The quantitative estimate of drug-likeness (QED) is 0.278. The first-order chi connectivity index (χ1) is 11.7. The van der Waals surface area contributed by atoms with Gasteiger partial charge in [-0.05, 0) is 25.5 Å². The van der Waals surface area contributed by atoms with Crippen LogP contribution in [0.25, 0.3) is 0 Å². The maximum atomic E-state index is 4.26. The van der Waals surface area contributed by atoms with Crippen molar-refractivity contribution < 1.29 is 0 Å². The Morgan fingerprint density at radius 1 is 1.24 bits per heavy atom. The van der Waals surface area contributed by atoms with Crippen LogP contribution in [0.4, 0.5) is 5.69 Å². The van der Waals surface area contributed by atoms with Crippen molar-refractivity contribution in [3.05, 3.63) is 48.3 Å². The minimum Gasteiger partial charge on any atom is -0.372 e. The monoisotopic (exact) mass is 456 g/mol. The molecule has 0 fully saturated rings. The smallest absolute Gasteiger partial charge is 0.191 e. The molecule has 0 saturated carbocycles. The van der Waals surface area contributed by atoms with Crippen LogP contribution in [0.1, 0.15) is 18.9 Å². The largest absolute Gasteiger partial charge is 0.372 e. The zero-order valence-electron chi connectivity index (χ0n) is 15.3. The molecule has 1 heterocycles. The molecular weight excluding hydrogens is 427 g/mol. The van der Waals surface area contributed by atoms with Crippen molar-refractivity contribution in [2.75, 3.05) is 31.6 Å². The number of guanidine groups is 1. The van der Waals surface area contributed by atoms with Crippen molar-refractivity contribution in [3.63, 3.8) is 0 Å². The first kappa shape index (κ1) is 21.3. The molecule has 25 heavy (non-hydrogen) atoms. The molecule has 0 amide bonds. The summed E-state index contributed by atoms with van der Waals surface area (Å²) in [6.07, 6.45) is 4.91. The molecule has 138 valence electrons. The van der Waals surface area contributed by atoms with Gasteiger partial charge in [-0.2, -0.15) is 5.10 Å². The third kappa shape index (κ3) is 7.33. The van der Waals surface area contributed by atoms with Gasteiger partial charge in [0.1, 0.15) is 0 Å². The molecule has 1 aromatic carbocycles.